The van der Waals surface area contributed by atoms with E-state index in [1.807, 2.05) is 0 Å². The molecule has 5 heteroatoms. The second-order valence-corrected chi connectivity index (χ2v) is 5.29. The molecule has 2 aliphatic rings. The van der Waals surface area contributed by atoms with Crippen LogP contribution < -0.4 is 4.72 Å². The lowest BCUT2D eigenvalue weighted by Gasteiger charge is -2.17. The minimum Gasteiger partial charge on any atom is -0.380 e. The molecule has 1 unspecified atom stereocenters. The summed E-state index contributed by atoms with van der Waals surface area (Å²) in [6, 6.07) is 0. The van der Waals surface area contributed by atoms with Gasteiger partial charge in [0.15, 0.2) is 0 Å². The number of ether oxygens (including phenoxy) is 1. The second kappa shape index (κ2) is 2.18. The summed E-state index contributed by atoms with van der Waals surface area (Å²) in [5.41, 5.74) is 0. The van der Waals surface area contributed by atoms with Crippen LogP contribution in [0.1, 0.15) is 12.8 Å². The lowest BCUT2D eigenvalue weighted by atomic mass is 10.0. The van der Waals surface area contributed by atoms with Gasteiger partial charge in [-0.1, -0.05) is 0 Å². The van der Waals surface area contributed by atoms with Gasteiger partial charge in [-0.05, 0) is 12.8 Å². The summed E-state index contributed by atoms with van der Waals surface area (Å²) in [4.78, 5) is 0. The zero-order chi connectivity index (χ0) is 7.95. The minimum absolute atomic E-state index is 0.377. The normalized spacial score (nSPS) is 41.8. The van der Waals surface area contributed by atoms with Crippen molar-refractivity contribution < 1.29 is 13.2 Å². The average Bonchev–Trinajstić information content (AvgIpc) is 2.45. The third-order valence-corrected chi connectivity index (χ3v) is 4.76. The van der Waals surface area contributed by atoms with Gasteiger partial charge in [-0.25, -0.2) is 13.1 Å². The molecule has 1 atom stereocenters. The molecule has 11 heavy (non-hydrogen) atoms. The van der Waals surface area contributed by atoms with E-state index in [1.54, 1.807) is 0 Å². The predicted molar refractivity (Wildman–Crippen MR) is 39.7 cm³/mol. The first-order valence-electron chi connectivity index (χ1n) is 3.73. The van der Waals surface area contributed by atoms with Crippen LogP contribution in [0, 0.1) is 0 Å². The fourth-order valence-corrected chi connectivity index (χ4v) is 3.34. The highest BCUT2D eigenvalue weighted by atomic mass is 32.2. The third-order valence-electron chi connectivity index (χ3n) is 2.51. The summed E-state index contributed by atoms with van der Waals surface area (Å²) in [6.45, 7) is 1.54. The van der Waals surface area contributed by atoms with Gasteiger partial charge in [0, 0.05) is 13.2 Å². The molecule has 2 rings (SSSR count). The second-order valence-electron chi connectivity index (χ2n) is 3.13. The largest absolute Gasteiger partial charge is 0.380 e. The summed E-state index contributed by atoms with van der Waals surface area (Å²) in [5.74, 6) is 0. The molecule has 0 aromatic rings. The van der Waals surface area contributed by atoms with Crippen molar-refractivity contribution in [2.75, 3.05) is 19.8 Å². The van der Waals surface area contributed by atoms with Crippen molar-refractivity contribution in [2.45, 2.75) is 17.6 Å². The van der Waals surface area contributed by atoms with Gasteiger partial charge in [0.2, 0.25) is 10.0 Å². The van der Waals surface area contributed by atoms with Crippen LogP contribution in [0.2, 0.25) is 0 Å². The summed E-state index contributed by atoms with van der Waals surface area (Å²) in [5, 5.41) is 0. The molecule has 2 aliphatic heterocycles. The van der Waals surface area contributed by atoms with Crippen molar-refractivity contribution in [1.82, 2.24) is 4.72 Å². The molecule has 1 N–H and O–H groups in total. The molecule has 0 bridgehead atoms. The monoisotopic (exact) mass is 177 g/mol. The van der Waals surface area contributed by atoms with Crippen molar-refractivity contribution in [3.8, 4) is 0 Å². The van der Waals surface area contributed by atoms with Crippen LogP contribution in [0.4, 0.5) is 0 Å². The highest BCUT2D eigenvalue weighted by Crippen LogP contribution is 2.33. The highest BCUT2D eigenvalue weighted by molar-refractivity contribution is 7.91. The van der Waals surface area contributed by atoms with E-state index < -0.39 is 14.8 Å². The lowest BCUT2D eigenvalue weighted by molar-refractivity contribution is 0.189. The molecular weight excluding hydrogens is 166 g/mol. The van der Waals surface area contributed by atoms with E-state index in [1.165, 1.54) is 0 Å². The SMILES string of the molecule is O=S1(=O)NCCC12CCOC2. The molecule has 2 heterocycles. The van der Waals surface area contributed by atoms with E-state index in [0.29, 0.717) is 32.6 Å². The van der Waals surface area contributed by atoms with E-state index in [2.05, 4.69) is 4.72 Å². The maximum Gasteiger partial charge on any atom is 0.219 e. The fourth-order valence-electron chi connectivity index (χ4n) is 1.70. The molecule has 2 fully saturated rings. The molecule has 4 nitrogen and oxygen atoms in total. The van der Waals surface area contributed by atoms with Crippen molar-refractivity contribution in [2.24, 2.45) is 0 Å². The van der Waals surface area contributed by atoms with Gasteiger partial charge >= 0.3 is 0 Å². The molecule has 0 radical (unpaired) electrons. The predicted octanol–water partition coefficient (Wildman–Crippen LogP) is -0.531. The van der Waals surface area contributed by atoms with Gasteiger partial charge in [0.1, 0.15) is 4.75 Å². The van der Waals surface area contributed by atoms with Crippen molar-refractivity contribution in [3.05, 3.63) is 0 Å². The Labute approximate surface area is 66.0 Å². The number of nitrogens with one attached hydrogen (secondary N) is 1. The van der Waals surface area contributed by atoms with E-state index in [4.69, 9.17) is 4.74 Å². The van der Waals surface area contributed by atoms with Crippen molar-refractivity contribution >= 4 is 10.0 Å². The van der Waals surface area contributed by atoms with Crippen molar-refractivity contribution in [1.29, 1.82) is 0 Å². The van der Waals surface area contributed by atoms with Gasteiger partial charge < -0.3 is 4.74 Å². The first-order chi connectivity index (χ1) is 5.16. The first kappa shape index (κ1) is 7.52. The molecule has 0 amide bonds. The standard InChI is InChI=1S/C6H11NO3S/c8-11(9)6(1-3-7-11)2-4-10-5-6/h7H,1-5H2. The van der Waals surface area contributed by atoms with E-state index in [0.717, 1.165) is 0 Å². The van der Waals surface area contributed by atoms with Crippen LogP contribution in [0.15, 0.2) is 0 Å². The zero-order valence-corrected chi connectivity index (χ0v) is 6.99. The number of hydrogen-bond acceptors (Lipinski definition) is 3. The summed E-state index contributed by atoms with van der Waals surface area (Å²) in [6.07, 6.45) is 1.36. The Hall–Kier alpha value is -0.130. The molecule has 2 saturated heterocycles. The van der Waals surface area contributed by atoms with Gasteiger partial charge in [-0.3, -0.25) is 0 Å². The molecular formula is C6H11NO3S. The fraction of sp³-hybridized carbons (Fsp3) is 1.00. The van der Waals surface area contributed by atoms with Crippen LogP contribution in [0.25, 0.3) is 0 Å². The first-order valence-corrected chi connectivity index (χ1v) is 5.22. The van der Waals surface area contributed by atoms with Gasteiger partial charge in [0.05, 0.1) is 6.61 Å². The Bertz CT molecular complexity index is 247. The maximum absolute atomic E-state index is 11.4. The minimum atomic E-state index is -3.06. The van der Waals surface area contributed by atoms with Crippen LogP contribution >= 0.6 is 0 Å². The Morgan fingerprint density at radius 3 is 2.64 bits per heavy atom. The molecule has 64 valence electrons. The molecule has 0 aromatic heterocycles. The Morgan fingerprint density at radius 2 is 2.18 bits per heavy atom. The Morgan fingerprint density at radius 1 is 1.36 bits per heavy atom. The van der Waals surface area contributed by atoms with Crippen LogP contribution in [-0.4, -0.2) is 32.9 Å². The summed E-state index contributed by atoms with van der Waals surface area (Å²) >= 11 is 0. The van der Waals surface area contributed by atoms with Crippen LogP contribution in [-0.2, 0) is 14.8 Å². The average molecular weight is 177 g/mol. The topological polar surface area (TPSA) is 55.4 Å². The molecule has 0 saturated carbocycles. The molecule has 0 aliphatic carbocycles. The van der Waals surface area contributed by atoms with Gasteiger partial charge in [0.25, 0.3) is 0 Å². The number of hydrogen-bond donors (Lipinski definition) is 1. The van der Waals surface area contributed by atoms with E-state index in [9.17, 15) is 8.42 Å². The smallest absolute Gasteiger partial charge is 0.219 e. The maximum atomic E-state index is 11.4. The zero-order valence-electron chi connectivity index (χ0n) is 6.17. The third kappa shape index (κ3) is 0.913. The highest BCUT2D eigenvalue weighted by Gasteiger charge is 2.50. The van der Waals surface area contributed by atoms with Crippen LogP contribution in [0.5, 0.6) is 0 Å². The molecule has 0 aromatic carbocycles. The van der Waals surface area contributed by atoms with Gasteiger partial charge in [-0.15, -0.1) is 0 Å². The van der Waals surface area contributed by atoms with E-state index >= 15 is 0 Å². The Kier molecular flexibility index (Phi) is 1.49. The summed E-state index contributed by atoms with van der Waals surface area (Å²) in [7, 11) is -3.06. The summed E-state index contributed by atoms with van der Waals surface area (Å²) < 4.78 is 29.8. The number of sulfonamides is 1. The quantitative estimate of drug-likeness (QED) is 0.541. The van der Waals surface area contributed by atoms with E-state index in [-0.39, 0.29) is 0 Å². The Balaban J connectivity index is 2.37. The lowest BCUT2D eigenvalue weighted by Crippen LogP contribution is -2.37. The number of rotatable bonds is 0. The van der Waals surface area contributed by atoms with Gasteiger partial charge in [-0.2, -0.15) is 0 Å². The van der Waals surface area contributed by atoms with Crippen LogP contribution in [0.3, 0.4) is 0 Å². The molecule has 1 spiro atoms. The van der Waals surface area contributed by atoms with Crippen molar-refractivity contribution in [3.63, 3.8) is 0 Å².